The van der Waals surface area contributed by atoms with Crippen LogP contribution in [0.4, 0.5) is 0 Å². The second-order valence-electron chi connectivity index (χ2n) is 4.30. The maximum absolute atomic E-state index is 10.4. The van der Waals surface area contributed by atoms with Crippen LogP contribution in [0, 0.1) is 0 Å². The number of hydrogen-bond acceptors (Lipinski definition) is 2. The highest BCUT2D eigenvalue weighted by molar-refractivity contribution is 5.85. The average Bonchev–Trinajstić information content (AvgIpc) is 2.84. The Morgan fingerprint density at radius 3 is 2.47 bits per heavy atom. The molecule has 102 valence electrons. The smallest absolute Gasteiger partial charge is 0.303 e. The second kappa shape index (κ2) is 7.59. The van der Waals surface area contributed by atoms with Crippen LogP contribution in [-0.4, -0.2) is 20.6 Å². The predicted octanol–water partition coefficient (Wildman–Crippen LogP) is 2.76. The lowest BCUT2D eigenvalue weighted by Gasteiger charge is -2.04. The molecule has 0 bridgehead atoms. The van der Waals surface area contributed by atoms with Crippen molar-refractivity contribution in [2.75, 3.05) is 0 Å². The van der Waals surface area contributed by atoms with Crippen molar-refractivity contribution in [3.63, 3.8) is 0 Å². The van der Waals surface area contributed by atoms with Crippen molar-refractivity contribution in [2.45, 2.75) is 25.8 Å². The zero-order chi connectivity index (χ0) is 12.8. The van der Waals surface area contributed by atoms with Gasteiger partial charge in [-0.1, -0.05) is 24.3 Å². The molecular weight excluding hydrogens is 264 g/mol. The van der Waals surface area contributed by atoms with Gasteiger partial charge in [-0.25, -0.2) is 4.98 Å². The standard InChI is InChI=1S/C14H16N2O2.ClH/c17-14(18)3-1-2-12-4-6-13(7-5-12)10-16-9-8-15-11-16;/h4-9,11H,1-3,10H2,(H,17,18);1H. The van der Waals surface area contributed by atoms with Crippen LogP contribution >= 0.6 is 12.4 Å². The first-order valence-corrected chi connectivity index (χ1v) is 5.99. The van der Waals surface area contributed by atoms with Gasteiger partial charge in [0, 0.05) is 25.4 Å². The Hall–Kier alpha value is -1.81. The summed E-state index contributed by atoms with van der Waals surface area (Å²) in [7, 11) is 0. The van der Waals surface area contributed by atoms with E-state index in [0.29, 0.717) is 6.42 Å². The molecular formula is C14H17ClN2O2. The fourth-order valence-electron chi connectivity index (χ4n) is 1.85. The molecule has 0 atom stereocenters. The third-order valence-corrected chi connectivity index (χ3v) is 2.80. The number of carbonyl (C=O) groups is 1. The molecule has 4 nitrogen and oxygen atoms in total. The van der Waals surface area contributed by atoms with Crippen LogP contribution < -0.4 is 0 Å². The largest absolute Gasteiger partial charge is 0.481 e. The quantitative estimate of drug-likeness (QED) is 0.885. The van der Waals surface area contributed by atoms with Crippen LogP contribution in [-0.2, 0) is 17.8 Å². The van der Waals surface area contributed by atoms with Crippen molar-refractivity contribution < 1.29 is 9.90 Å². The average molecular weight is 281 g/mol. The zero-order valence-corrected chi connectivity index (χ0v) is 11.3. The summed E-state index contributed by atoms with van der Waals surface area (Å²) in [6, 6.07) is 8.29. The van der Waals surface area contributed by atoms with Gasteiger partial charge in [0.05, 0.1) is 6.33 Å². The Morgan fingerprint density at radius 1 is 1.21 bits per heavy atom. The third kappa shape index (κ3) is 5.14. The molecule has 1 aromatic heterocycles. The monoisotopic (exact) mass is 280 g/mol. The summed E-state index contributed by atoms with van der Waals surface area (Å²) in [5.74, 6) is -0.730. The Balaban J connectivity index is 0.00000180. The van der Waals surface area contributed by atoms with Gasteiger partial charge < -0.3 is 9.67 Å². The topological polar surface area (TPSA) is 55.1 Å². The highest BCUT2D eigenvalue weighted by Gasteiger charge is 1.99. The Bertz CT molecular complexity index is 495. The van der Waals surface area contributed by atoms with Crippen LogP contribution in [0.25, 0.3) is 0 Å². The lowest BCUT2D eigenvalue weighted by atomic mass is 10.1. The van der Waals surface area contributed by atoms with E-state index in [2.05, 4.69) is 29.2 Å². The molecule has 1 heterocycles. The lowest BCUT2D eigenvalue weighted by Crippen LogP contribution is -1.98. The minimum atomic E-state index is -0.730. The summed E-state index contributed by atoms with van der Waals surface area (Å²) in [6.07, 6.45) is 7.23. The number of halogens is 1. The van der Waals surface area contributed by atoms with Gasteiger partial charge in [-0.15, -0.1) is 12.4 Å². The maximum Gasteiger partial charge on any atom is 0.303 e. The molecule has 0 radical (unpaired) electrons. The number of carboxylic acids is 1. The van der Waals surface area contributed by atoms with E-state index < -0.39 is 5.97 Å². The number of hydrogen-bond donors (Lipinski definition) is 1. The highest BCUT2D eigenvalue weighted by Crippen LogP contribution is 2.09. The van der Waals surface area contributed by atoms with E-state index in [-0.39, 0.29) is 18.8 Å². The molecule has 1 aromatic carbocycles. The van der Waals surface area contributed by atoms with Gasteiger partial charge in [0.25, 0.3) is 0 Å². The molecule has 0 aliphatic heterocycles. The molecule has 0 saturated carbocycles. The normalized spacial score (nSPS) is 9.89. The van der Waals surface area contributed by atoms with E-state index in [0.717, 1.165) is 13.0 Å². The minimum absolute atomic E-state index is 0. The molecule has 1 N–H and O–H groups in total. The molecule has 19 heavy (non-hydrogen) atoms. The summed E-state index contributed by atoms with van der Waals surface area (Å²) in [5, 5.41) is 8.57. The molecule has 0 fully saturated rings. The molecule has 0 saturated heterocycles. The van der Waals surface area contributed by atoms with E-state index in [1.54, 1.807) is 12.5 Å². The zero-order valence-electron chi connectivity index (χ0n) is 10.5. The van der Waals surface area contributed by atoms with Crippen LogP contribution in [0.3, 0.4) is 0 Å². The van der Waals surface area contributed by atoms with Gasteiger partial charge >= 0.3 is 5.97 Å². The van der Waals surface area contributed by atoms with Crippen molar-refractivity contribution in [2.24, 2.45) is 0 Å². The first-order valence-electron chi connectivity index (χ1n) is 5.99. The summed E-state index contributed by atoms with van der Waals surface area (Å²) in [6.45, 7) is 0.815. The van der Waals surface area contributed by atoms with Crippen molar-refractivity contribution in [3.8, 4) is 0 Å². The van der Waals surface area contributed by atoms with E-state index >= 15 is 0 Å². The molecule has 0 amide bonds. The number of benzene rings is 1. The van der Waals surface area contributed by atoms with Crippen LogP contribution in [0.1, 0.15) is 24.0 Å². The summed E-state index contributed by atoms with van der Waals surface area (Å²) in [4.78, 5) is 14.4. The molecule has 0 aliphatic rings. The van der Waals surface area contributed by atoms with Gasteiger partial charge in [0.1, 0.15) is 0 Å². The van der Waals surface area contributed by atoms with Gasteiger partial charge in [-0.2, -0.15) is 0 Å². The van der Waals surface area contributed by atoms with Gasteiger partial charge in [0.15, 0.2) is 0 Å². The maximum atomic E-state index is 10.4. The SMILES string of the molecule is Cl.O=C(O)CCCc1ccc(Cn2ccnc2)cc1. The number of imidazole rings is 1. The van der Waals surface area contributed by atoms with E-state index in [9.17, 15) is 4.79 Å². The molecule has 0 aliphatic carbocycles. The van der Waals surface area contributed by atoms with E-state index in [1.807, 2.05) is 10.8 Å². The molecule has 2 rings (SSSR count). The summed E-state index contributed by atoms with van der Waals surface area (Å²) < 4.78 is 2.01. The molecule has 5 heteroatoms. The van der Waals surface area contributed by atoms with Crippen LogP contribution in [0.5, 0.6) is 0 Å². The minimum Gasteiger partial charge on any atom is -0.481 e. The number of carboxylic acid groups (broad SMARTS) is 1. The fourth-order valence-corrected chi connectivity index (χ4v) is 1.85. The number of rotatable bonds is 6. The van der Waals surface area contributed by atoms with Crippen molar-refractivity contribution >= 4 is 18.4 Å². The van der Waals surface area contributed by atoms with Crippen LogP contribution in [0.2, 0.25) is 0 Å². The number of aryl methyl sites for hydroxylation is 1. The van der Waals surface area contributed by atoms with Crippen LogP contribution in [0.15, 0.2) is 43.0 Å². The van der Waals surface area contributed by atoms with Crippen molar-refractivity contribution in [3.05, 3.63) is 54.1 Å². The number of aromatic nitrogens is 2. The van der Waals surface area contributed by atoms with Crippen molar-refractivity contribution in [1.82, 2.24) is 9.55 Å². The third-order valence-electron chi connectivity index (χ3n) is 2.80. The first-order chi connectivity index (χ1) is 8.74. The summed E-state index contributed by atoms with van der Waals surface area (Å²) in [5.41, 5.74) is 2.40. The first kappa shape index (κ1) is 15.2. The number of nitrogens with zero attached hydrogens (tertiary/aromatic N) is 2. The Kier molecular flexibility index (Phi) is 6.09. The predicted molar refractivity (Wildman–Crippen MR) is 75.6 cm³/mol. The van der Waals surface area contributed by atoms with E-state index in [1.165, 1.54) is 11.1 Å². The van der Waals surface area contributed by atoms with E-state index in [4.69, 9.17) is 5.11 Å². The highest BCUT2D eigenvalue weighted by atomic mass is 35.5. The summed E-state index contributed by atoms with van der Waals surface area (Å²) >= 11 is 0. The Morgan fingerprint density at radius 2 is 1.89 bits per heavy atom. The number of aliphatic carboxylic acids is 1. The second-order valence-corrected chi connectivity index (χ2v) is 4.30. The molecule has 0 unspecified atom stereocenters. The molecule has 2 aromatic rings. The lowest BCUT2D eigenvalue weighted by molar-refractivity contribution is -0.137. The van der Waals surface area contributed by atoms with Crippen molar-refractivity contribution in [1.29, 1.82) is 0 Å². The molecule has 0 spiro atoms. The van der Waals surface area contributed by atoms with Gasteiger partial charge in [-0.3, -0.25) is 4.79 Å². The van der Waals surface area contributed by atoms with Gasteiger partial charge in [0.2, 0.25) is 0 Å². The van der Waals surface area contributed by atoms with Gasteiger partial charge in [-0.05, 0) is 24.0 Å². The Labute approximate surface area is 118 Å². The fraction of sp³-hybridized carbons (Fsp3) is 0.286.